The van der Waals surface area contributed by atoms with E-state index in [1.54, 1.807) is 0 Å². The molecule has 0 amide bonds. The van der Waals surface area contributed by atoms with Crippen molar-refractivity contribution in [2.24, 2.45) is 0 Å². The third kappa shape index (κ3) is 54.1. The zero-order valence-electron chi connectivity index (χ0n) is 25.9. The van der Waals surface area contributed by atoms with E-state index in [1.807, 2.05) is 0 Å². The molecule has 0 unspecified atom stereocenters. The van der Waals surface area contributed by atoms with Gasteiger partial charge in [-0.3, -0.25) is 0 Å². The predicted molar refractivity (Wildman–Crippen MR) is 160 cm³/mol. The van der Waals surface area contributed by atoms with Crippen LogP contribution < -0.4 is 24.8 Å². The van der Waals surface area contributed by atoms with E-state index in [-0.39, 0.29) is 46.5 Å². The molecule has 0 aliphatic carbocycles. The van der Waals surface area contributed by atoms with E-state index in [1.165, 1.54) is 154 Å². The van der Waals surface area contributed by atoms with E-state index >= 15 is 0 Å². The zero-order chi connectivity index (χ0) is 25.2. The fourth-order valence-electron chi connectivity index (χ4n) is 4.24. The standard InChI is InChI=1S/2C16H34N.2ClH.Ti/c2*1-3-5-7-9-11-13-15-17-16-14-12-10-8-6-4-2;;;/h2*3-16H2,1-2H3;2*1H;/q2*-1;;;+4/p-2. The molecule has 0 atom stereocenters. The molecule has 2 nitrogen and oxygen atoms in total. The Hall–Kier alpha value is 1.21. The van der Waals surface area contributed by atoms with Gasteiger partial charge >= 0.3 is 21.7 Å². The van der Waals surface area contributed by atoms with Crippen molar-refractivity contribution in [3.05, 3.63) is 10.6 Å². The molecule has 0 aromatic rings. The largest absolute Gasteiger partial charge is 4.00 e. The second kappa shape index (κ2) is 50.1. The zero-order valence-corrected chi connectivity index (χ0v) is 29.0. The van der Waals surface area contributed by atoms with E-state index < -0.39 is 0 Å². The summed E-state index contributed by atoms with van der Waals surface area (Å²) in [5.41, 5.74) is 0. The maximum Gasteiger partial charge on any atom is 4.00 e. The van der Waals surface area contributed by atoms with Crippen LogP contribution in [0.4, 0.5) is 0 Å². The molecule has 0 radical (unpaired) electrons. The third-order valence-electron chi connectivity index (χ3n) is 6.68. The number of halogens is 2. The minimum absolute atomic E-state index is 0. The molecule has 0 saturated heterocycles. The molecule has 0 rings (SSSR count). The molecule has 224 valence electrons. The van der Waals surface area contributed by atoms with Crippen LogP contribution in [-0.4, -0.2) is 26.2 Å². The van der Waals surface area contributed by atoms with Crippen LogP contribution in [-0.2, 0) is 21.7 Å². The van der Waals surface area contributed by atoms with Crippen LogP contribution in [0, 0.1) is 0 Å². The maximum atomic E-state index is 4.61. The van der Waals surface area contributed by atoms with Gasteiger partial charge in [-0.05, 0) is 0 Å². The molecule has 0 bridgehead atoms. The summed E-state index contributed by atoms with van der Waals surface area (Å²) in [4.78, 5) is 0. The number of hydrogen-bond acceptors (Lipinski definition) is 0. The summed E-state index contributed by atoms with van der Waals surface area (Å²) in [7, 11) is 0. The van der Waals surface area contributed by atoms with Gasteiger partial charge in [-0.1, -0.05) is 182 Å². The first kappa shape index (κ1) is 48.0. The van der Waals surface area contributed by atoms with Crippen LogP contribution in [0.25, 0.3) is 10.6 Å². The fraction of sp³-hybridized carbons (Fsp3) is 1.00. The third-order valence-corrected chi connectivity index (χ3v) is 6.68. The molecule has 0 aromatic heterocycles. The summed E-state index contributed by atoms with van der Waals surface area (Å²) in [6.07, 6.45) is 33.2. The SMILES string of the molecule is CCCCCCCC[N-]CCCCCCCC.CCCCCCCC[N-]CCCCCCCC.[Cl-].[Cl-].[Ti+4]. The second-order valence-electron chi connectivity index (χ2n) is 10.4. The number of rotatable bonds is 28. The van der Waals surface area contributed by atoms with Crippen LogP contribution >= 0.6 is 0 Å². The average Bonchev–Trinajstić information content (AvgIpc) is 2.85. The minimum atomic E-state index is 0. The Kier molecular flexibility index (Phi) is 64.9. The Bertz CT molecular complexity index is 265. The van der Waals surface area contributed by atoms with E-state index in [0.29, 0.717) is 0 Å². The molecule has 0 heterocycles. The van der Waals surface area contributed by atoms with Crippen molar-refractivity contribution < 1.29 is 46.5 Å². The molecule has 5 heteroatoms. The normalized spacial score (nSPS) is 10.1. The van der Waals surface area contributed by atoms with Gasteiger partial charge in [0.15, 0.2) is 0 Å². The fourth-order valence-corrected chi connectivity index (χ4v) is 4.24. The van der Waals surface area contributed by atoms with Gasteiger partial charge in [0.1, 0.15) is 0 Å². The Labute approximate surface area is 263 Å². The Morgan fingerprint density at radius 1 is 0.270 bits per heavy atom. The molecule has 0 aromatic carbocycles. The van der Waals surface area contributed by atoms with E-state index in [9.17, 15) is 0 Å². The van der Waals surface area contributed by atoms with E-state index in [2.05, 4.69) is 38.3 Å². The number of unbranched alkanes of at least 4 members (excludes halogenated alkanes) is 20. The van der Waals surface area contributed by atoms with Crippen molar-refractivity contribution in [3.8, 4) is 0 Å². The summed E-state index contributed by atoms with van der Waals surface area (Å²) in [5.74, 6) is 0. The first-order valence-corrected chi connectivity index (χ1v) is 16.1. The Balaban J connectivity index is -0.000000171. The minimum Gasteiger partial charge on any atom is -1.00 e. The number of hydrogen-bond donors (Lipinski definition) is 0. The molecule has 0 spiro atoms. The van der Waals surface area contributed by atoms with Gasteiger partial charge in [0.25, 0.3) is 0 Å². The van der Waals surface area contributed by atoms with E-state index in [0.717, 1.165) is 26.2 Å². The number of nitrogens with zero attached hydrogens (tertiary/aromatic N) is 2. The predicted octanol–water partition coefficient (Wildman–Crippen LogP) is 6.17. The van der Waals surface area contributed by atoms with Crippen LogP contribution in [0.2, 0.25) is 0 Å². The van der Waals surface area contributed by atoms with Gasteiger partial charge < -0.3 is 35.4 Å². The molecular weight excluding hydrogens is 531 g/mol. The monoisotopic (exact) mass is 598 g/mol. The molecule has 0 N–H and O–H groups in total. The topological polar surface area (TPSA) is 28.2 Å². The summed E-state index contributed by atoms with van der Waals surface area (Å²) in [6, 6.07) is 0. The summed E-state index contributed by atoms with van der Waals surface area (Å²) < 4.78 is 0. The first-order chi connectivity index (χ1) is 16.8. The summed E-state index contributed by atoms with van der Waals surface area (Å²) in [6.45, 7) is 13.5. The molecular formula is C32H68Cl2N2Ti. The Morgan fingerprint density at radius 2 is 0.432 bits per heavy atom. The van der Waals surface area contributed by atoms with Gasteiger partial charge in [0.2, 0.25) is 0 Å². The quantitative estimate of drug-likeness (QED) is 0.0761. The molecule has 37 heavy (non-hydrogen) atoms. The van der Waals surface area contributed by atoms with Crippen molar-refractivity contribution in [2.75, 3.05) is 26.2 Å². The molecule has 0 aliphatic rings. The van der Waals surface area contributed by atoms with E-state index in [4.69, 9.17) is 0 Å². The molecule has 0 aliphatic heterocycles. The molecule has 0 fully saturated rings. The van der Waals surface area contributed by atoms with Gasteiger partial charge in [-0.25, -0.2) is 0 Å². The van der Waals surface area contributed by atoms with Crippen molar-refractivity contribution >= 4 is 0 Å². The van der Waals surface area contributed by atoms with Crippen LogP contribution in [0.3, 0.4) is 0 Å². The maximum absolute atomic E-state index is 4.61. The molecule has 0 saturated carbocycles. The van der Waals surface area contributed by atoms with Gasteiger partial charge in [0, 0.05) is 0 Å². The van der Waals surface area contributed by atoms with Gasteiger partial charge in [-0.15, -0.1) is 26.2 Å². The van der Waals surface area contributed by atoms with Crippen molar-refractivity contribution in [1.82, 2.24) is 0 Å². The smallest absolute Gasteiger partial charge is 1.00 e. The van der Waals surface area contributed by atoms with Crippen LogP contribution in [0.5, 0.6) is 0 Å². The van der Waals surface area contributed by atoms with Crippen molar-refractivity contribution in [1.29, 1.82) is 0 Å². The first-order valence-electron chi connectivity index (χ1n) is 16.1. The van der Waals surface area contributed by atoms with Gasteiger partial charge in [0.05, 0.1) is 0 Å². The average molecular weight is 600 g/mol. The summed E-state index contributed by atoms with van der Waals surface area (Å²) in [5, 5.41) is 9.21. The summed E-state index contributed by atoms with van der Waals surface area (Å²) >= 11 is 0. The van der Waals surface area contributed by atoms with Crippen LogP contribution in [0.15, 0.2) is 0 Å². The Morgan fingerprint density at radius 3 is 0.622 bits per heavy atom. The second-order valence-corrected chi connectivity index (χ2v) is 10.4. The van der Waals surface area contributed by atoms with Crippen molar-refractivity contribution in [3.63, 3.8) is 0 Å². The van der Waals surface area contributed by atoms with Gasteiger partial charge in [-0.2, -0.15) is 0 Å². The van der Waals surface area contributed by atoms with Crippen LogP contribution in [0.1, 0.15) is 182 Å². The van der Waals surface area contributed by atoms with Crippen molar-refractivity contribution in [2.45, 2.75) is 182 Å².